The van der Waals surface area contributed by atoms with Crippen molar-refractivity contribution in [3.05, 3.63) is 53.6 Å². The lowest BCUT2D eigenvalue weighted by molar-refractivity contribution is 1.35. The van der Waals surface area contributed by atoms with E-state index in [1.54, 1.807) is 6.07 Å². The van der Waals surface area contributed by atoms with Crippen molar-refractivity contribution in [2.24, 2.45) is 0 Å². The minimum Gasteiger partial charge on any atom is -0.398 e. The molecule has 2 aromatic rings. The molecule has 2 N–H and O–H groups in total. The molecule has 2 aromatic carbocycles. The minimum absolute atomic E-state index is 0.496. The van der Waals surface area contributed by atoms with E-state index in [1.807, 2.05) is 36.4 Å². The van der Waals surface area contributed by atoms with Gasteiger partial charge < -0.3 is 5.73 Å². The summed E-state index contributed by atoms with van der Waals surface area (Å²) in [5, 5.41) is 9.10. The summed E-state index contributed by atoms with van der Waals surface area (Å²) in [7, 11) is 0. The highest BCUT2D eigenvalue weighted by atomic mass is 32.2. The molecule has 0 saturated carbocycles. The van der Waals surface area contributed by atoms with Gasteiger partial charge in [-0.2, -0.15) is 5.26 Å². The second-order valence-electron chi connectivity index (χ2n) is 3.61. The average Bonchev–Trinajstić information content (AvgIpc) is 2.39. The third-order valence-corrected chi connectivity index (χ3v) is 3.45. The summed E-state index contributed by atoms with van der Waals surface area (Å²) in [6, 6.07) is 15.2. The Balaban J connectivity index is 2.38. The van der Waals surface area contributed by atoms with Crippen molar-refractivity contribution in [3.63, 3.8) is 0 Å². The number of anilines is 1. The lowest BCUT2D eigenvalue weighted by Crippen LogP contribution is -1.91. The van der Waals surface area contributed by atoms with Gasteiger partial charge in [0.05, 0.1) is 11.3 Å². The lowest BCUT2D eigenvalue weighted by atomic mass is 10.2. The normalized spacial score (nSPS) is 9.44. The predicted octanol–water partition coefficient (Wildman–Crippen LogP) is 3.27. The molecule has 86 valence electrons. The van der Waals surface area contributed by atoms with Gasteiger partial charge >= 0.3 is 0 Å². The van der Waals surface area contributed by atoms with Crippen LogP contribution in [0.4, 0.5) is 5.69 Å². The quantitative estimate of drug-likeness (QED) is 0.657. The first-order valence-corrected chi connectivity index (χ1v) is 6.09. The highest BCUT2D eigenvalue weighted by Crippen LogP contribution is 2.32. The number of hydrogen-bond donors (Lipinski definition) is 1. The molecule has 0 fully saturated rings. The van der Waals surface area contributed by atoms with Crippen LogP contribution in [-0.2, 0) is 0 Å². The van der Waals surface area contributed by atoms with Gasteiger partial charge in [0.15, 0.2) is 0 Å². The monoisotopic (exact) mass is 250 g/mol. The Morgan fingerprint density at radius 3 is 2.67 bits per heavy atom. The Hall–Kier alpha value is -2.36. The number of nitrogens with zero attached hydrogens (tertiary/aromatic N) is 1. The van der Waals surface area contributed by atoms with E-state index in [0.29, 0.717) is 11.3 Å². The van der Waals surface area contributed by atoms with E-state index in [9.17, 15) is 0 Å². The van der Waals surface area contributed by atoms with Crippen molar-refractivity contribution in [2.45, 2.75) is 9.79 Å². The fourth-order valence-corrected chi connectivity index (χ4v) is 2.53. The zero-order valence-corrected chi connectivity index (χ0v) is 10.4. The van der Waals surface area contributed by atoms with Crippen LogP contribution < -0.4 is 5.73 Å². The molecule has 0 aliphatic carbocycles. The van der Waals surface area contributed by atoms with Gasteiger partial charge in [-0.3, -0.25) is 0 Å². The Morgan fingerprint density at radius 2 is 1.94 bits per heavy atom. The maximum Gasteiger partial charge on any atom is 0.102 e. The van der Waals surface area contributed by atoms with Crippen LogP contribution in [0.1, 0.15) is 11.1 Å². The third kappa shape index (κ3) is 2.48. The van der Waals surface area contributed by atoms with Crippen LogP contribution in [0, 0.1) is 23.7 Å². The van der Waals surface area contributed by atoms with Gasteiger partial charge in [0.1, 0.15) is 6.07 Å². The van der Waals surface area contributed by atoms with E-state index < -0.39 is 0 Å². The van der Waals surface area contributed by atoms with Crippen LogP contribution >= 0.6 is 11.8 Å². The smallest absolute Gasteiger partial charge is 0.102 e. The molecular formula is C15H10N2S. The second kappa shape index (κ2) is 5.31. The van der Waals surface area contributed by atoms with E-state index in [4.69, 9.17) is 17.4 Å². The second-order valence-corrected chi connectivity index (χ2v) is 4.72. The van der Waals surface area contributed by atoms with Crippen LogP contribution in [0.25, 0.3) is 0 Å². The summed E-state index contributed by atoms with van der Waals surface area (Å²) in [5.74, 6) is 2.59. The maximum atomic E-state index is 9.10. The topological polar surface area (TPSA) is 49.8 Å². The highest BCUT2D eigenvalue weighted by molar-refractivity contribution is 7.99. The van der Waals surface area contributed by atoms with Crippen molar-refractivity contribution in [1.29, 1.82) is 5.26 Å². The molecule has 0 atom stereocenters. The summed E-state index contributed by atoms with van der Waals surface area (Å²) >= 11 is 1.48. The minimum atomic E-state index is 0.496. The molecule has 0 aliphatic rings. The zero-order chi connectivity index (χ0) is 13.0. The summed E-state index contributed by atoms with van der Waals surface area (Å²) in [6.45, 7) is 0. The van der Waals surface area contributed by atoms with Gasteiger partial charge in [-0.25, -0.2) is 0 Å². The number of benzene rings is 2. The van der Waals surface area contributed by atoms with E-state index in [1.165, 1.54) is 11.8 Å². The first-order chi connectivity index (χ1) is 8.74. The molecule has 0 saturated heterocycles. The molecular weight excluding hydrogens is 240 g/mol. The van der Waals surface area contributed by atoms with Gasteiger partial charge in [0.2, 0.25) is 0 Å². The molecule has 0 bridgehead atoms. The van der Waals surface area contributed by atoms with Crippen LogP contribution in [0.3, 0.4) is 0 Å². The number of nitriles is 1. The molecule has 0 aliphatic heterocycles. The fourth-order valence-electron chi connectivity index (χ4n) is 1.53. The molecule has 0 heterocycles. The first-order valence-electron chi connectivity index (χ1n) is 5.27. The molecule has 18 heavy (non-hydrogen) atoms. The Bertz CT molecular complexity index is 663. The molecule has 0 aromatic heterocycles. The Kier molecular flexibility index (Phi) is 3.57. The van der Waals surface area contributed by atoms with Gasteiger partial charge in [0.25, 0.3) is 0 Å². The largest absolute Gasteiger partial charge is 0.398 e. The average molecular weight is 250 g/mol. The number of nitrogens with two attached hydrogens (primary N) is 1. The van der Waals surface area contributed by atoms with Crippen molar-refractivity contribution in [3.8, 4) is 18.4 Å². The van der Waals surface area contributed by atoms with E-state index >= 15 is 0 Å². The molecule has 0 unspecified atom stereocenters. The van der Waals surface area contributed by atoms with Crippen molar-refractivity contribution in [1.82, 2.24) is 0 Å². The summed E-state index contributed by atoms with van der Waals surface area (Å²) in [6.07, 6.45) is 5.36. The summed E-state index contributed by atoms with van der Waals surface area (Å²) in [5.41, 5.74) is 7.60. The molecule has 0 amide bonds. The van der Waals surface area contributed by atoms with Crippen LogP contribution in [0.5, 0.6) is 0 Å². The number of nitrogen functional groups attached to an aromatic ring is 1. The van der Waals surface area contributed by atoms with Gasteiger partial charge in [-0.15, -0.1) is 6.42 Å². The maximum absolute atomic E-state index is 9.10. The van der Waals surface area contributed by atoms with Crippen molar-refractivity contribution >= 4 is 17.4 Å². The fraction of sp³-hybridized carbons (Fsp3) is 0. The summed E-state index contributed by atoms with van der Waals surface area (Å²) in [4.78, 5) is 1.83. The number of rotatable bonds is 2. The molecule has 2 nitrogen and oxygen atoms in total. The SMILES string of the molecule is C#Cc1cccc(Sc2cccc(N)c2C#N)c1. The first kappa shape index (κ1) is 12.1. The Morgan fingerprint density at radius 1 is 1.17 bits per heavy atom. The number of terminal acetylenes is 1. The van der Waals surface area contributed by atoms with Crippen LogP contribution in [0.2, 0.25) is 0 Å². The third-order valence-electron chi connectivity index (χ3n) is 2.40. The molecule has 0 radical (unpaired) electrons. The van der Waals surface area contributed by atoms with Gasteiger partial charge in [0, 0.05) is 15.4 Å². The highest BCUT2D eigenvalue weighted by Gasteiger charge is 2.07. The van der Waals surface area contributed by atoms with Crippen LogP contribution in [0.15, 0.2) is 52.3 Å². The van der Waals surface area contributed by atoms with Crippen LogP contribution in [-0.4, -0.2) is 0 Å². The van der Waals surface area contributed by atoms with E-state index in [2.05, 4.69) is 12.0 Å². The predicted molar refractivity (Wildman–Crippen MR) is 74.1 cm³/mol. The molecule has 3 heteroatoms. The standard InChI is InChI=1S/C15H10N2S/c1-2-11-5-3-6-12(9-11)18-15-8-4-7-14(17)13(15)10-16/h1,3-9H,17H2. The van der Waals surface area contributed by atoms with E-state index in [-0.39, 0.29) is 0 Å². The lowest BCUT2D eigenvalue weighted by Gasteiger charge is -2.06. The Labute approximate surface area is 110 Å². The van der Waals surface area contributed by atoms with E-state index in [0.717, 1.165) is 15.4 Å². The molecule has 0 spiro atoms. The van der Waals surface area contributed by atoms with Crippen molar-refractivity contribution in [2.75, 3.05) is 5.73 Å². The molecule has 2 rings (SSSR count). The summed E-state index contributed by atoms with van der Waals surface area (Å²) < 4.78 is 0. The van der Waals surface area contributed by atoms with Crippen molar-refractivity contribution < 1.29 is 0 Å². The zero-order valence-electron chi connectivity index (χ0n) is 9.55. The van der Waals surface area contributed by atoms with Gasteiger partial charge in [-0.05, 0) is 30.3 Å². The van der Waals surface area contributed by atoms with Gasteiger partial charge in [-0.1, -0.05) is 29.8 Å². The number of hydrogen-bond acceptors (Lipinski definition) is 3.